The number of fused-ring (bicyclic) bond motifs is 1. The Morgan fingerprint density at radius 2 is 1.96 bits per heavy atom. The predicted molar refractivity (Wildman–Crippen MR) is 95.5 cm³/mol. The van der Waals surface area contributed by atoms with Crippen LogP contribution in [0, 0.1) is 6.92 Å². The van der Waals surface area contributed by atoms with Gasteiger partial charge in [-0.1, -0.05) is 29.8 Å². The Morgan fingerprint density at radius 3 is 2.71 bits per heavy atom. The highest BCUT2D eigenvalue weighted by Crippen LogP contribution is 2.35. The van der Waals surface area contributed by atoms with Gasteiger partial charge in [0.2, 0.25) is 5.78 Å². The van der Waals surface area contributed by atoms with Gasteiger partial charge in [-0.3, -0.25) is 4.79 Å². The smallest absolute Gasteiger partial charge is 0.231 e. The summed E-state index contributed by atoms with van der Waals surface area (Å²) >= 11 is 0. The summed E-state index contributed by atoms with van der Waals surface area (Å²) in [6.07, 6.45) is 3.80. The molecule has 0 radical (unpaired) electrons. The molecular formula is C21H20O3. The van der Waals surface area contributed by atoms with Crippen LogP contribution in [0.15, 0.2) is 59.9 Å². The lowest BCUT2D eigenvalue weighted by atomic mass is 10.1. The molecule has 3 rings (SSSR count). The predicted octanol–water partition coefficient (Wildman–Crippen LogP) is 4.96. The second-order valence-electron chi connectivity index (χ2n) is 6.05. The summed E-state index contributed by atoms with van der Waals surface area (Å²) in [6, 6.07) is 13.2. The van der Waals surface area contributed by atoms with Crippen LogP contribution in [0.4, 0.5) is 0 Å². The van der Waals surface area contributed by atoms with Gasteiger partial charge in [0.25, 0.3) is 0 Å². The van der Waals surface area contributed by atoms with Crippen molar-refractivity contribution in [3.63, 3.8) is 0 Å². The van der Waals surface area contributed by atoms with Gasteiger partial charge in [0.1, 0.15) is 18.1 Å². The third-order valence-corrected chi connectivity index (χ3v) is 3.86. The van der Waals surface area contributed by atoms with Crippen molar-refractivity contribution < 1.29 is 14.3 Å². The van der Waals surface area contributed by atoms with Crippen LogP contribution in [-0.4, -0.2) is 12.4 Å². The number of hydrogen-bond acceptors (Lipinski definition) is 3. The highest BCUT2D eigenvalue weighted by Gasteiger charge is 2.27. The molecule has 1 heterocycles. The van der Waals surface area contributed by atoms with Crippen LogP contribution in [0.5, 0.6) is 11.5 Å². The summed E-state index contributed by atoms with van der Waals surface area (Å²) < 4.78 is 11.4. The molecule has 122 valence electrons. The third kappa shape index (κ3) is 3.40. The van der Waals surface area contributed by atoms with Crippen LogP contribution in [0.25, 0.3) is 6.08 Å². The molecule has 1 aliphatic heterocycles. The van der Waals surface area contributed by atoms with Gasteiger partial charge in [0.05, 0.1) is 5.56 Å². The van der Waals surface area contributed by atoms with Crippen LogP contribution in [0.2, 0.25) is 0 Å². The molecule has 0 atom stereocenters. The minimum atomic E-state index is -0.0934. The van der Waals surface area contributed by atoms with Gasteiger partial charge in [-0.2, -0.15) is 0 Å². The van der Waals surface area contributed by atoms with Crippen molar-refractivity contribution in [2.24, 2.45) is 0 Å². The summed E-state index contributed by atoms with van der Waals surface area (Å²) in [5.41, 5.74) is 3.85. The summed E-state index contributed by atoms with van der Waals surface area (Å²) in [5.74, 6) is 1.50. The molecule has 0 N–H and O–H groups in total. The molecule has 0 bridgehead atoms. The van der Waals surface area contributed by atoms with Gasteiger partial charge in [-0.05, 0) is 56.2 Å². The van der Waals surface area contributed by atoms with E-state index in [2.05, 4.69) is 0 Å². The first kappa shape index (κ1) is 16.1. The number of benzene rings is 2. The Labute approximate surface area is 142 Å². The molecule has 24 heavy (non-hydrogen) atoms. The van der Waals surface area contributed by atoms with E-state index in [9.17, 15) is 4.79 Å². The van der Waals surface area contributed by atoms with Crippen LogP contribution >= 0.6 is 0 Å². The maximum atomic E-state index is 12.5. The van der Waals surface area contributed by atoms with Gasteiger partial charge in [-0.25, -0.2) is 0 Å². The largest absolute Gasteiger partial charge is 0.489 e. The molecule has 0 saturated heterocycles. The van der Waals surface area contributed by atoms with E-state index in [0.29, 0.717) is 29.4 Å². The van der Waals surface area contributed by atoms with Crippen molar-refractivity contribution in [2.45, 2.75) is 20.8 Å². The summed E-state index contributed by atoms with van der Waals surface area (Å²) in [5, 5.41) is 0. The number of ketones is 1. The normalized spacial score (nSPS) is 14.3. The minimum absolute atomic E-state index is 0.0934. The van der Waals surface area contributed by atoms with Crippen LogP contribution < -0.4 is 9.47 Å². The van der Waals surface area contributed by atoms with Crippen molar-refractivity contribution in [1.82, 2.24) is 0 Å². The van der Waals surface area contributed by atoms with Crippen molar-refractivity contribution in [2.75, 3.05) is 6.61 Å². The number of rotatable bonds is 4. The van der Waals surface area contributed by atoms with E-state index in [-0.39, 0.29) is 5.78 Å². The molecule has 1 aliphatic rings. The van der Waals surface area contributed by atoms with Crippen molar-refractivity contribution in [3.8, 4) is 11.5 Å². The molecule has 0 saturated carbocycles. The van der Waals surface area contributed by atoms with Crippen LogP contribution in [-0.2, 0) is 0 Å². The second-order valence-corrected chi connectivity index (χ2v) is 6.05. The number of carbonyl (C=O) groups is 1. The topological polar surface area (TPSA) is 35.5 Å². The Bertz CT molecular complexity index is 840. The zero-order valence-electron chi connectivity index (χ0n) is 14.1. The Morgan fingerprint density at radius 1 is 1.17 bits per heavy atom. The van der Waals surface area contributed by atoms with E-state index in [1.807, 2.05) is 51.1 Å². The fraction of sp³-hybridized carbons (Fsp3) is 0.190. The fourth-order valence-electron chi connectivity index (χ4n) is 2.45. The van der Waals surface area contributed by atoms with Crippen LogP contribution in [0.3, 0.4) is 0 Å². The summed E-state index contributed by atoms with van der Waals surface area (Å²) in [6.45, 7) is 6.56. The van der Waals surface area contributed by atoms with Gasteiger partial charge in [0, 0.05) is 6.07 Å². The van der Waals surface area contributed by atoms with E-state index in [1.54, 1.807) is 24.3 Å². The Hall–Kier alpha value is -2.81. The molecule has 0 aliphatic carbocycles. The molecular weight excluding hydrogens is 300 g/mol. The molecule has 2 aromatic rings. The monoisotopic (exact) mass is 320 g/mol. The van der Waals surface area contributed by atoms with Crippen molar-refractivity contribution >= 4 is 11.9 Å². The standard InChI is InChI=1S/C21H20O3/c1-14(2)10-11-23-17-8-9-18-19(13-17)24-20(21(18)22)12-16-7-5-4-6-15(16)3/h4-10,12-13H,11H2,1-3H3/b20-12+. The van der Waals surface area contributed by atoms with E-state index in [0.717, 1.165) is 11.1 Å². The van der Waals surface area contributed by atoms with Gasteiger partial charge >= 0.3 is 0 Å². The van der Waals surface area contributed by atoms with Gasteiger partial charge in [0.15, 0.2) is 5.76 Å². The lowest BCUT2D eigenvalue weighted by Gasteiger charge is -2.05. The van der Waals surface area contributed by atoms with Gasteiger partial charge < -0.3 is 9.47 Å². The zero-order chi connectivity index (χ0) is 17.1. The van der Waals surface area contributed by atoms with E-state index in [4.69, 9.17) is 9.47 Å². The van der Waals surface area contributed by atoms with Crippen molar-refractivity contribution in [1.29, 1.82) is 0 Å². The number of Topliss-reactive ketones (excluding diaryl/α,β-unsaturated/α-hetero) is 1. The number of ether oxygens (including phenoxy) is 2. The van der Waals surface area contributed by atoms with E-state index < -0.39 is 0 Å². The molecule has 3 nitrogen and oxygen atoms in total. The first-order chi connectivity index (χ1) is 11.5. The number of carbonyl (C=O) groups excluding carboxylic acids is 1. The Balaban J connectivity index is 1.82. The minimum Gasteiger partial charge on any atom is -0.489 e. The molecule has 0 fully saturated rings. The summed E-state index contributed by atoms with van der Waals surface area (Å²) in [4.78, 5) is 12.5. The van der Waals surface area contributed by atoms with Crippen molar-refractivity contribution in [3.05, 3.63) is 76.6 Å². The molecule has 2 aromatic carbocycles. The highest BCUT2D eigenvalue weighted by molar-refractivity contribution is 6.14. The average molecular weight is 320 g/mol. The lowest BCUT2D eigenvalue weighted by molar-refractivity contribution is 0.101. The SMILES string of the molecule is CC(C)=CCOc1ccc2c(c1)O/C(=C/c1ccccc1C)C2=O. The number of aryl methyl sites for hydroxylation is 1. The highest BCUT2D eigenvalue weighted by atomic mass is 16.5. The second kappa shape index (κ2) is 6.75. The molecule has 0 amide bonds. The molecule has 0 aromatic heterocycles. The number of allylic oxidation sites excluding steroid dienone is 2. The lowest BCUT2D eigenvalue weighted by Crippen LogP contribution is -1.98. The molecule has 0 spiro atoms. The quantitative estimate of drug-likeness (QED) is 0.590. The summed E-state index contributed by atoms with van der Waals surface area (Å²) in [7, 11) is 0. The average Bonchev–Trinajstić information content (AvgIpc) is 2.85. The fourth-order valence-corrected chi connectivity index (χ4v) is 2.45. The maximum absolute atomic E-state index is 12.5. The molecule has 0 unspecified atom stereocenters. The zero-order valence-corrected chi connectivity index (χ0v) is 14.1. The van der Waals surface area contributed by atoms with E-state index >= 15 is 0 Å². The van der Waals surface area contributed by atoms with E-state index in [1.165, 1.54) is 5.57 Å². The first-order valence-electron chi connectivity index (χ1n) is 7.94. The third-order valence-electron chi connectivity index (χ3n) is 3.86. The molecule has 3 heteroatoms. The Kier molecular flexibility index (Phi) is 4.52. The maximum Gasteiger partial charge on any atom is 0.231 e. The van der Waals surface area contributed by atoms with Crippen LogP contribution in [0.1, 0.15) is 35.3 Å². The van der Waals surface area contributed by atoms with Gasteiger partial charge in [-0.15, -0.1) is 0 Å². The first-order valence-corrected chi connectivity index (χ1v) is 7.94. The number of hydrogen-bond donors (Lipinski definition) is 0.